The molecule has 0 aliphatic rings. The summed E-state index contributed by atoms with van der Waals surface area (Å²) in [5, 5.41) is 7.17. The van der Waals surface area contributed by atoms with Crippen LogP contribution in [0.1, 0.15) is 51.5 Å². The summed E-state index contributed by atoms with van der Waals surface area (Å²) < 4.78 is 1.74. The van der Waals surface area contributed by atoms with Crippen LogP contribution >= 0.6 is 0 Å². The van der Waals surface area contributed by atoms with Gasteiger partial charge in [0.2, 0.25) is 0 Å². The molecule has 3 heterocycles. The lowest BCUT2D eigenvalue weighted by Gasteiger charge is -2.04. The van der Waals surface area contributed by atoms with Crippen LogP contribution in [-0.2, 0) is 13.0 Å². The minimum absolute atomic E-state index is 0.0451. The Kier molecular flexibility index (Phi) is 4.97. The summed E-state index contributed by atoms with van der Waals surface area (Å²) in [6.45, 7) is 5.83. The third-order valence-electron chi connectivity index (χ3n) is 4.20. The molecule has 3 rings (SSSR count). The topological polar surface area (TPSA) is 92.7 Å². The number of aryl methyl sites for hydroxylation is 1. The van der Waals surface area contributed by atoms with E-state index in [4.69, 9.17) is 0 Å². The monoisotopic (exact) mass is 351 g/mol. The lowest BCUT2D eigenvalue weighted by Crippen LogP contribution is -2.15. The average molecular weight is 351 g/mol. The van der Waals surface area contributed by atoms with Gasteiger partial charge in [0, 0.05) is 35.9 Å². The smallest absolute Gasteiger partial charge is 0.273 e. The molecule has 3 aromatic rings. The molecule has 0 saturated carbocycles. The quantitative estimate of drug-likeness (QED) is 0.668. The number of hydrogen-bond acceptors (Lipinski definition) is 4. The normalized spacial score (nSPS) is 10.7. The third-order valence-corrected chi connectivity index (χ3v) is 4.20. The minimum atomic E-state index is -0.299. The number of carbonyl (C=O) groups is 2. The number of amides is 1. The number of ketones is 1. The molecule has 0 radical (unpaired) electrons. The van der Waals surface area contributed by atoms with E-state index in [9.17, 15) is 9.59 Å². The van der Waals surface area contributed by atoms with Gasteiger partial charge in [-0.25, -0.2) is 0 Å². The molecule has 0 aliphatic heterocycles. The van der Waals surface area contributed by atoms with Crippen LogP contribution in [0.15, 0.2) is 36.8 Å². The van der Waals surface area contributed by atoms with Gasteiger partial charge in [-0.3, -0.25) is 19.3 Å². The van der Waals surface area contributed by atoms with Crippen LogP contribution in [0.5, 0.6) is 0 Å². The Morgan fingerprint density at radius 3 is 2.62 bits per heavy atom. The molecule has 0 spiro atoms. The van der Waals surface area contributed by atoms with E-state index in [0.29, 0.717) is 35.7 Å². The van der Waals surface area contributed by atoms with Crippen molar-refractivity contribution < 1.29 is 9.59 Å². The lowest BCUT2D eigenvalue weighted by atomic mass is 10.0. The van der Waals surface area contributed by atoms with Crippen molar-refractivity contribution in [2.45, 2.75) is 33.7 Å². The molecule has 3 aromatic heterocycles. The minimum Gasteiger partial charge on any atom is -0.354 e. The Morgan fingerprint density at radius 1 is 1.23 bits per heavy atom. The second-order valence-electron chi connectivity index (χ2n) is 6.10. The fourth-order valence-electron chi connectivity index (χ4n) is 3.07. The van der Waals surface area contributed by atoms with Crippen molar-refractivity contribution in [3.8, 4) is 0 Å². The van der Waals surface area contributed by atoms with E-state index in [0.717, 1.165) is 11.1 Å². The second-order valence-corrected chi connectivity index (χ2v) is 6.10. The van der Waals surface area contributed by atoms with Crippen molar-refractivity contribution in [2.24, 2.45) is 0 Å². The van der Waals surface area contributed by atoms with E-state index in [-0.39, 0.29) is 11.7 Å². The molecule has 0 saturated heterocycles. The van der Waals surface area contributed by atoms with Crippen molar-refractivity contribution in [2.75, 3.05) is 5.32 Å². The lowest BCUT2D eigenvalue weighted by molar-refractivity contribution is 0.101. The van der Waals surface area contributed by atoms with Crippen LogP contribution in [0.4, 0.5) is 5.82 Å². The first kappa shape index (κ1) is 17.6. The van der Waals surface area contributed by atoms with Gasteiger partial charge >= 0.3 is 0 Å². The van der Waals surface area contributed by atoms with Crippen molar-refractivity contribution in [1.82, 2.24) is 19.7 Å². The maximum atomic E-state index is 12.6. The standard InChI is InChI=1S/C19H21N5O2/c1-4-15-17(13(3)25)12(2)21-18(15)19(26)22-16-7-10-24(23-16)11-14-5-8-20-9-6-14/h5-10,21H,4,11H2,1-3H3,(H,22,23,26). The molecular weight excluding hydrogens is 330 g/mol. The van der Waals surface area contributed by atoms with Crippen LogP contribution in [-0.4, -0.2) is 31.4 Å². The fraction of sp³-hybridized carbons (Fsp3) is 0.263. The average Bonchev–Trinajstić information content (AvgIpc) is 3.19. The highest BCUT2D eigenvalue weighted by molar-refractivity contribution is 6.07. The molecule has 0 bridgehead atoms. The van der Waals surface area contributed by atoms with Gasteiger partial charge in [-0.2, -0.15) is 5.10 Å². The second kappa shape index (κ2) is 7.35. The number of hydrogen-bond donors (Lipinski definition) is 2. The number of H-pyrrole nitrogens is 1. The van der Waals surface area contributed by atoms with Crippen LogP contribution in [0, 0.1) is 6.92 Å². The van der Waals surface area contributed by atoms with Gasteiger partial charge in [-0.05, 0) is 43.5 Å². The van der Waals surface area contributed by atoms with Crippen molar-refractivity contribution in [1.29, 1.82) is 0 Å². The van der Waals surface area contributed by atoms with Gasteiger partial charge in [-0.15, -0.1) is 0 Å². The van der Waals surface area contributed by atoms with Crippen LogP contribution in [0.2, 0.25) is 0 Å². The van der Waals surface area contributed by atoms with Gasteiger partial charge in [0.05, 0.1) is 6.54 Å². The molecule has 26 heavy (non-hydrogen) atoms. The molecule has 0 fully saturated rings. The fourth-order valence-corrected chi connectivity index (χ4v) is 3.07. The van der Waals surface area contributed by atoms with Gasteiger partial charge in [-0.1, -0.05) is 6.92 Å². The summed E-state index contributed by atoms with van der Waals surface area (Å²) >= 11 is 0. The maximum absolute atomic E-state index is 12.6. The van der Waals surface area contributed by atoms with Crippen LogP contribution in [0.25, 0.3) is 0 Å². The summed E-state index contributed by atoms with van der Waals surface area (Å²) in [4.78, 5) is 31.5. The Labute approximate surface area is 151 Å². The van der Waals surface area contributed by atoms with Gasteiger partial charge < -0.3 is 10.3 Å². The van der Waals surface area contributed by atoms with E-state index >= 15 is 0 Å². The number of aromatic amines is 1. The summed E-state index contributed by atoms with van der Waals surface area (Å²) in [5.41, 5.74) is 3.53. The summed E-state index contributed by atoms with van der Waals surface area (Å²) in [6.07, 6.45) is 5.86. The highest BCUT2D eigenvalue weighted by Gasteiger charge is 2.22. The number of aromatic nitrogens is 4. The zero-order valence-electron chi connectivity index (χ0n) is 15.0. The third kappa shape index (κ3) is 3.56. The predicted molar refractivity (Wildman–Crippen MR) is 98.4 cm³/mol. The van der Waals surface area contributed by atoms with Gasteiger partial charge in [0.25, 0.3) is 5.91 Å². The van der Waals surface area contributed by atoms with E-state index in [1.54, 1.807) is 36.3 Å². The first-order valence-electron chi connectivity index (χ1n) is 8.45. The zero-order chi connectivity index (χ0) is 18.7. The number of Topliss-reactive ketones (excluding diaryl/α,β-unsaturated/α-hetero) is 1. The van der Waals surface area contributed by atoms with Gasteiger partial charge in [0.15, 0.2) is 11.6 Å². The molecular formula is C19H21N5O2. The van der Waals surface area contributed by atoms with E-state index in [1.807, 2.05) is 19.1 Å². The molecule has 0 unspecified atom stereocenters. The molecule has 0 atom stereocenters. The van der Waals surface area contributed by atoms with Crippen LogP contribution in [0.3, 0.4) is 0 Å². The Bertz CT molecular complexity index is 940. The molecule has 7 nitrogen and oxygen atoms in total. The molecule has 1 amide bonds. The maximum Gasteiger partial charge on any atom is 0.273 e. The first-order chi connectivity index (χ1) is 12.5. The number of carbonyl (C=O) groups excluding carboxylic acids is 2. The molecule has 2 N–H and O–H groups in total. The summed E-state index contributed by atoms with van der Waals surface area (Å²) in [6, 6.07) is 5.57. The zero-order valence-corrected chi connectivity index (χ0v) is 15.0. The first-order valence-corrected chi connectivity index (χ1v) is 8.45. The van der Waals surface area contributed by atoms with E-state index in [1.165, 1.54) is 6.92 Å². The SMILES string of the molecule is CCc1c(C(=O)Nc2ccn(Cc3ccncc3)n2)[nH]c(C)c1C(C)=O. The predicted octanol–water partition coefficient (Wildman–Crippen LogP) is 2.98. The van der Waals surface area contributed by atoms with Crippen molar-refractivity contribution in [3.05, 3.63) is 64.9 Å². The highest BCUT2D eigenvalue weighted by atomic mass is 16.2. The Hall–Kier alpha value is -3.22. The molecule has 7 heteroatoms. The van der Waals surface area contributed by atoms with Gasteiger partial charge in [0.1, 0.15) is 5.69 Å². The van der Waals surface area contributed by atoms with Crippen molar-refractivity contribution in [3.63, 3.8) is 0 Å². The molecule has 0 aromatic carbocycles. The number of rotatable bonds is 6. The van der Waals surface area contributed by atoms with E-state index in [2.05, 4.69) is 20.4 Å². The number of nitrogens with one attached hydrogen (secondary N) is 2. The van der Waals surface area contributed by atoms with E-state index < -0.39 is 0 Å². The molecule has 0 aliphatic carbocycles. The molecule has 134 valence electrons. The van der Waals surface area contributed by atoms with Crippen LogP contribution < -0.4 is 5.32 Å². The number of nitrogens with zero attached hydrogens (tertiary/aromatic N) is 3. The largest absolute Gasteiger partial charge is 0.354 e. The Morgan fingerprint density at radius 2 is 1.96 bits per heavy atom. The summed E-state index contributed by atoms with van der Waals surface area (Å²) in [7, 11) is 0. The van der Waals surface area contributed by atoms with Crippen molar-refractivity contribution >= 4 is 17.5 Å². The Balaban J connectivity index is 1.77. The highest BCUT2D eigenvalue weighted by Crippen LogP contribution is 2.21. The number of pyridine rings is 1. The number of anilines is 1. The summed E-state index contributed by atoms with van der Waals surface area (Å²) in [5.74, 6) is 0.116.